The Morgan fingerprint density at radius 3 is 3.05 bits per heavy atom. The van der Waals surface area contributed by atoms with Crippen LogP contribution in [0.1, 0.15) is 24.1 Å². The summed E-state index contributed by atoms with van der Waals surface area (Å²) in [6.45, 7) is 5.02. The van der Waals surface area contributed by atoms with Gasteiger partial charge >= 0.3 is 0 Å². The van der Waals surface area contributed by atoms with Crippen molar-refractivity contribution in [3.63, 3.8) is 0 Å². The molecule has 112 valence electrons. The summed E-state index contributed by atoms with van der Waals surface area (Å²) >= 11 is 0. The molecule has 1 unspecified atom stereocenters. The van der Waals surface area contributed by atoms with E-state index in [0.29, 0.717) is 13.1 Å². The molecule has 1 atom stereocenters. The minimum Gasteiger partial charge on any atom is -0.387 e. The molecule has 1 N–H and O–H groups in total. The number of likely N-dealkylation sites (tertiary alicyclic amines) is 1. The third-order valence-corrected chi connectivity index (χ3v) is 4.07. The zero-order valence-electron chi connectivity index (χ0n) is 12.3. The molecule has 1 aliphatic heterocycles. The molecule has 0 aromatic carbocycles. The van der Waals surface area contributed by atoms with Crippen LogP contribution in [0.2, 0.25) is 0 Å². The van der Waals surface area contributed by atoms with Gasteiger partial charge in [0.15, 0.2) is 0 Å². The molecule has 0 amide bonds. The van der Waals surface area contributed by atoms with Gasteiger partial charge in [-0.15, -0.1) is 5.10 Å². The summed E-state index contributed by atoms with van der Waals surface area (Å²) in [5.41, 5.74) is 1.55. The molecule has 3 heterocycles. The third kappa shape index (κ3) is 3.46. The van der Waals surface area contributed by atoms with Gasteiger partial charge in [-0.25, -0.2) is 4.68 Å². The average molecular weight is 287 g/mol. The highest BCUT2D eigenvalue weighted by atomic mass is 16.3. The van der Waals surface area contributed by atoms with Gasteiger partial charge in [-0.2, -0.15) is 0 Å². The molecule has 1 fully saturated rings. The average Bonchev–Trinajstić information content (AvgIpc) is 2.93. The fourth-order valence-corrected chi connectivity index (χ4v) is 3.01. The van der Waals surface area contributed by atoms with Gasteiger partial charge < -0.3 is 5.11 Å². The van der Waals surface area contributed by atoms with Crippen LogP contribution in [0.15, 0.2) is 30.7 Å². The van der Waals surface area contributed by atoms with Gasteiger partial charge in [0, 0.05) is 31.2 Å². The van der Waals surface area contributed by atoms with Crippen molar-refractivity contribution in [2.45, 2.75) is 38.5 Å². The highest BCUT2D eigenvalue weighted by Crippen LogP contribution is 2.24. The minimum absolute atomic E-state index is 0.496. The molecular weight excluding hydrogens is 266 g/mol. The SMILES string of the molecule is Cc1ncccc1CN1CCCC(O)(Cn2ccnn2)C1. The Bertz CT molecular complexity index is 586. The number of piperidine rings is 1. The lowest BCUT2D eigenvalue weighted by molar-refractivity contribution is -0.0479. The molecule has 3 rings (SSSR count). The van der Waals surface area contributed by atoms with Crippen LogP contribution >= 0.6 is 0 Å². The molecular formula is C15H21N5O. The van der Waals surface area contributed by atoms with Crippen LogP contribution in [0.5, 0.6) is 0 Å². The van der Waals surface area contributed by atoms with Gasteiger partial charge in [-0.3, -0.25) is 9.88 Å². The molecule has 6 heteroatoms. The second-order valence-electron chi connectivity index (χ2n) is 5.89. The van der Waals surface area contributed by atoms with Crippen molar-refractivity contribution in [2.24, 2.45) is 0 Å². The van der Waals surface area contributed by atoms with Crippen molar-refractivity contribution in [3.8, 4) is 0 Å². The van der Waals surface area contributed by atoms with Crippen LogP contribution < -0.4 is 0 Å². The molecule has 0 spiro atoms. The molecule has 0 saturated carbocycles. The minimum atomic E-state index is -0.734. The first-order valence-electron chi connectivity index (χ1n) is 7.34. The van der Waals surface area contributed by atoms with E-state index >= 15 is 0 Å². The Morgan fingerprint density at radius 1 is 1.38 bits per heavy atom. The lowest BCUT2D eigenvalue weighted by Crippen LogP contribution is -2.50. The van der Waals surface area contributed by atoms with Crippen molar-refractivity contribution < 1.29 is 5.11 Å². The summed E-state index contributed by atoms with van der Waals surface area (Å²) in [4.78, 5) is 6.63. The third-order valence-electron chi connectivity index (χ3n) is 4.07. The smallest absolute Gasteiger partial charge is 0.0970 e. The second kappa shape index (κ2) is 5.91. The molecule has 1 saturated heterocycles. The van der Waals surface area contributed by atoms with E-state index in [2.05, 4.69) is 26.3 Å². The Balaban J connectivity index is 1.66. The van der Waals surface area contributed by atoms with Crippen LogP contribution in [-0.4, -0.2) is 48.7 Å². The molecule has 21 heavy (non-hydrogen) atoms. The zero-order chi connectivity index (χ0) is 14.7. The number of aliphatic hydroxyl groups is 1. The predicted octanol–water partition coefficient (Wildman–Crippen LogP) is 1.01. The highest BCUT2D eigenvalue weighted by molar-refractivity contribution is 5.18. The van der Waals surface area contributed by atoms with Crippen LogP contribution in [0.4, 0.5) is 0 Å². The predicted molar refractivity (Wildman–Crippen MR) is 78.5 cm³/mol. The van der Waals surface area contributed by atoms with Crippen LogP contribution in [0, 0.1) is 6.92 Å². The quantitative estimate of drug-likeness (QED) is 0.909. The number of hydrogen-bond acceptors (Lipinski definition) is 5. The number of nitrogens with zero attached hydrogens (tertiary/aromatic N) is 5. The van der Waals surface area contributed by atoms with Gasteiger partial charge in [-0.1, -0.05) is 11.3 Å². The van der Waals surface area contributed by atoms with Gasteiger partial charge in [0.25, 0.3) is 0 Å². The van der Waals surface area contributed by atoms with Crippen molar-refractivity contribution in [3.05, 3.63) is 42.0 Å². The zero-order valence-corrected chi connectivity index (χ0v) is 12.3. The van der Waals surface area contributed by atoms with Crippen LogP contribution in [-0.2, 0) is 13.1 Å². The number of pyridine rings is 1. The van der Waals surface area contributed by atoms with Gasteiger partial charge in [0.1, 0.15) is 0 Å². The van der Waals surface area contributed by atoms with E-state index in [9.17, 15) is 5.11 Å². The van der Waals surface area contributed by atoms with Crippen LogP contribution in [0.3, 0.4) is 0 Å². The molecule has 6 nitrogen and oxygen atoms in total. The van der Waals surface area contributed by atoms with E-state index in [-0.39, 0.29) is 0 Å². The number of β-amino-alcohol motifs (C(OH)–C–C–N with tert-alkyl or cyclic N) is 1. The Hall–Kier alpha value is -1.79. The molecule has 0 aliphatic carbocycles. The fraction of sp³-hybridized carbons (Fsp3) is 0.533. The lowest BCUT2D eigenvalue weighted by Gasteiger charge is -2.39. The van der Waals surface area contributed by atoms with E-state index in [4.69, 9.17) is 0 Å². The number of hydrogen-bond donors (Lipinski definition) is 1. The molecule has 1 aliphatic rings. The van der Waals surface area contributed by atoms with E-state index in [1.165, 1.54) is 5.56 Å². The summed E-state index contributed by atoms with van der Waals surface area (Å²) in [7, 11) is 0. The Kier molecular flexibility index (Phi) is 3.98. The second-order valence-corrected chi connectivity index (χ2v) is 5.89. The van der Waals surface area contributed by atoms with Crippen molar-refractivity contribution in [1.29, 1.82) is 0 Å². The van der Waals surface area contributed by atoms with Crippen LogP contribution in [0.25, 0.3) is 0 Å². The first-order chi connectivity index (χ1) is 10.1. The first kappa shape index (κ1) is 14.2. The van der Waals surface area contributed by atoms with E-state index < -0.39 is 5.60 Å². The largest absolute Gasteiger partial charge is 0.387 e. The maximum atomic E-state index is 10.8. The highest BCUT2D eigenvalue weighted by Gasteiger charge is 2.34. The van der Waals surface area contributed by atoms with Gasteiger partial charge in [-0.05, 0) is 37.9 Å². The molecule has 2 aromatic heterocycles. The molecule has 0 bridgehead atoms. The summed E-state index contributed by atoms with van der Waals surface area (Å²) < 4.78 is 1.71. The van der Waals surface area contributed by atoms with Gasteiger partial charge in [0.2, 0.25) is 0 Å². The summed E-state index contributed by atoms with van der Waals surface area (Å²) in [5.74, 6) is 0. The van der Waals surface area contributed by atoms with Crippen molar-refractivity contribution in [2.75, 3.05) is 13.1 Å². The van der Waals surface area contributed by atoms with E-state index in [1.807, 2.05) is 19.2 Å². The van der Waals surface area contributed by atoms with E-state index in [0.717, 1.165) is 31.6 Å². The normalized spacial score (nSPS) is 23.3. The molecule has 2 aromatic rings. The number of aryl methyl sites for hydroxylation is 1. The fourth-order valence-electron chi connectivity index (χ4n) is 3.01. The van der Waals surface area contributed by atoms with Gasteiger partial charge in [0.05, 0.1) is 18.3 Å². The maximum absolute atomic E-state index is 10.8. The Morgan fingerprint density at radius 2 is 2.29 bits per heavy atom. The lowest BCUT2D eigenvalue weighted by atomic mass is 9.92. The monoisotopic (exact) mass is 287 g/mol. The topological polar surface area (TPSA) is 67.1 Å². The van der Waals surface area contributed by atoms with E-state index in [1.54, 1.807) is 17.1 Å². The van der Waals surface area contributed by atoms with Crippen molar-refractivity contribution >= 4 is 0 Å². The Labute approximate surface area is 124 Å². The maximum Gasteiger partial charge on any atom is 0.0970 e. The standard InChI is InChI=1S/C15H21N5O/c1-13-14(4-2-6-16-13)10-19-8-3-5-15(21,11-19)12-20-9-7-17-18-20/h2,4,6-7,9,21H,3,5,8,10-12H2,1H3. The molecule has 0 radical (unpaired) electrons. The summed E-state index contributed by atoms with van der Waals surface area (Å²) in [6.07, 6.45) is 7.04. The summed E-state index contributed by atoms with van der Waals surface area (Å²) in [5, 5.41) is 18.6. The van der Waals surface area contributed by atoms with Crippen molar-refractivity contribution in [1.82, 2.24) is 24.9 Å². The first-order valence-corrected chi connectivity index (χ1v) is 7.34. The summed E-state index contributed by atoms with van der Waals surface area (Å²) in [6, 6.07) is 4.07. The number of rotatable bonds is 4. The number of aromatic nitrogens is 4.